The van der Waals surface area contributed by atoms with E-state index in [4.69, 9.17) is 11.6 Å². The van der Waals surface area contributed by atoms with Crippen LogP contribution in [0.25, 0.3) is 0 Å². The minimum absolute atomic E-state index is 0.103. The van der Waals surface area contributed by atoms with E-state index in [0.29, 0.717) is 17.6 Å². The van der Waals surface area contributed by atoms with Crippen molar-refractivity contribution in [1.29, 1.82) is 0 Å². The van der Waals surface area contributed by atoms with Crippen LogP contribution in [0.15, 0.2) is 17.2 Å². The molecule has 1 fully saturated rings. The maximum absolute atomic E-state index is 11.6. The number of H-pyrrole nitrogens is 1. The molecule has 1 aromatic heterocycles. The van der Waals surface area contributed by atoms with Crippen molar-refractivity contribution in [2.45, 2.75) is 19.3 Å². The topological polar surface area (TPSA) is 49.0 Å². The number of aromatic nitrogens is 2. The molecular formula is C11H16ClN3O. The molecule has 0 aliphatic carbocycles. The summed E-state index contributed by atoms with van der Waals surface area (Å²) in [5.41, 5.74) is -0.103. The summed E-state index contributed by atoms with van der Waals surface area (Å²) in [5.74, 6) is 1.83. The largest absolute Gasteiger partial charge is 0.352 e. The summed E-state index contributed by atoms with van der Waals surface area (Å²) in [4.78, 5) is 20.5. The van der Waals surface area contributed by atoms with Gasteiger partial charge in [-0.25, -0.2) is 4.98 Å². The van der Waals surface area contributed by atoms with E-state index in [9.17, 15) is 4.79 Å². The van der Waals surface area contributed by atoms with Crippen molar-refractivity contribution >= 4 is 17.4 Å². The lowest BCUT2D eigenvalue weighted by Crippen LogP contribution is -2.39. The molecule has 0 spiro atoms. The van der Waals surface area contributed by atoms with Gasteiger partial charge in [0.2, 0.25) is 0 Å². The minimum atomic E-state index is -0.103. The Kier molecular flexibility index (Phi) is 3.83. The molecule has 0 amide bonds. The molecule has 1 aliphatic rings. The van der Waals surface area contributed by atoms with Crippen LogP contribution in [0.1, 0.15) is 19.3 Å². The van der Waals surface area contributed by atoms with Crippen molar-refractivity contribution in [2.24, 2.45) is 5.92 Å². The van der Waals surface area contributed by atoms with Crippen LogP contribution in [-0.2, 0) is 0 Å². The quantitative estimate of drug-likeness (QED) is 0.819. The molecule has 5 heteroatoms. The van der Waals surface area contributed by atoms with Gasteiger partial charge in [-0.2, -0.15) is 0 Å². The molecule has 4 nitrogen and oxygen atoms in total. The Morgan fingerprint density at radius 3 is 3.25 bits per heavy atom. The first-order valence-corrected chi connectivity index (χ1v) is 6.19. The lowest BCUT2D eigenvalue weighted by Gasteiger charge is -2.32. The summed E-state index contributed by atoms with van der Waals surface area (Å²) in [6, 6.07) is 0. The van der Waals surface area contributed by atoms with Crippen molar-refractivity contribution in [3.05, 3.63) is 22.7 Å². The number of anilines is 1. The van der Waals surface area contributed by atoms with Gasteiger partial charge in [-0.3, -0.25) is 4.79 Å². The second-order valence-corrected chi connectivity index (χ2v) is 4.55. The molecule has 2 rings (SSSR count). The van der Waals surface area contributed by atoms with Gasteiger partial charge in [-0.1, -0.05) is 0 Å². The van der Waals surface area contributed by atoms with Crippen molar-refractivity contribution < 1.29 is 0 Å². The monoisotopic (exact) mass is 241 g/mol. The van der Waals surface area contributed by atoms with E-state index in [1.54, 1.807) is 12.4 Å². The highest BCUT2D eigenvalue weighted by Crippen LogP contribution is 2.21. The summed E-state index contributed by atoms with van der Waals surface area (Å²) in [6.07, 6.45) is 6.52. The summed E-state index contributed by atoms with van der Waals surface area (Å²) in [6.45, 7) is 1.81. The molecule has 0 radical (unpaired) electrons. The molecule has 16 heavy (non-hydrogen) atoms. The van der Waals surface area contributed by atoms with Crippen LogP contribution in [0.2, 0.25) is 0 Å². The zero-order chi connectivity index (χ0) is 11.4. The van der Waals surface area contributed by atoms with E-state index in [1.807, 2.05) is 0 Å². The van der Waals surface area contributed by atoms with Gasteiger partial charge in [0, 0.05) is 31.4 Å². The zero-order valence-corrected chi connectivity index (χ0v) is 9.91. The first kappa shape index (κ1) is 11.5. The minimum Gasteiger partial charge on any atom is -0.352 e. The van der Waals surface area contributed by atoms with Crippen molar-refractivity contribution in [3.8, 4) is 0 Å². The summed E-state index contributed by atoms with van der Waals surface area (Å²) in [5, 5.41) is 0. The predicted octanol–water partition coefficient (Wildman–Crippen LogP) is 1.62. The number of nitrogens with zero attached hydrogens (tertiary/aromatic N) is 2. The van der Waals surface area contributed by atoms with Gasteiger partial charge in [0.25, 0.3) is 5.56 Å². The molecule has 2 heterocycles. The molecule has 1 unspecified atom stereocenters. The van der Waals surface area contributed by atoms with Gasteiger partial charge in [0.1, 0.15) is 0 Å². The third kappa shape index (κ3) is 2.55. The third-order valence-corrected chi connectivity index (χ3v) is 3.24. The van der Waals surface area contributed by atoms with Gasteiger partial charge in [-0.05, 0) is 25.2 Å². The molecule has 0 bridgehead atoms. The number of halogens is 1. The average molecular weight is 242 g/mol. The first-order valence-electron chi connectivity index (χ1n) is 5.66. The summed E-state index contributed by atoms with van der Waals surface area (Å²) >= 11 is 5.76. The Bertz CT molecular complexity index is 391. The maximum Gasteiger partial charge on any atom is 0.290 e. The molecule has 1 aliphatic heterocycles. The van der Waals surface area contributed by atoms with Crippen LogP contribution < -0.4 is 10.5 Å². The van der Waals surface area contributed by atoms with E-state index in [1.165, 1.54) is 6.42 Å². The average Bonchev–Trinajstić information content (AvgIpc) is 2.30. The van der Waals surface area contributed by atoms with Gasteiger partial charge in [-0.15, -0.1) is 11.6 Å². The summed E-state index contributed by atoms with van der Waals surface area (Å²) in [7, 11) is 0. The zero-order valence-electron chi connectivity index (χ0n) is 9.16. The van der Waals surface area contributed by atoms with E-state index in [-0.39, 0.29) is 5.56 Å². The maximum atomic E-state index is 11.6. The van der Waals surface area contributed by atoms with Crippen LogP contribution in [0.4, 0.5) is 5.82 Å². The van der Waals surface area contributed by atoms with Gasteiger partial charge < -0.3 is 9.88 Å². The van der Waals surface area contributed by atoms with Crippen molar-refractivity contribution in [3.63, 3.8) is 0 Å². The van der Waals surface area contributed by atoms with Gasteiger partial charge >= 0.3 is 0 Å². The first-order chi connectivity index (χ1) is 7.81. The number of aromatic amines is 1. The Morgan fingerprint density at radius 2 is 2.50 bits per heavy atom. The highest BCUT2D eigenvalue weighted by atomic mass is 35.5. The number of alkyl halides is 1. The number of hydrogen-bond acceptors (Lipinski definition) is 3. The molecule has 1 N–H and O–H groups in total. The second-order valence-electron chi connectivity index (χ2n) is 4.17. The number of hydrogen-bond donors (Lipinski definition) is 1. The number of piperidine rings is 1. The molecule has 1 saturated heterocycles. The fourth-order valence-corrected chi connectivity index (χ4v) is 2.53. The predicted molar refractivity (Wildman–Crippen MR) is 65.1 cm³/mol. The lowest BCUT2D eigenvalue weighted by atomic mass is 9.96. The molecule has 1 aromatic rings. The van der Waals surface area contributed by atoms with E-state index >= 15 is 0 Å². The van der Waals surface area contributed by atoms with Crippen molar-refractivity contribution in [2.75, 3.05) is 23.9 Å². The Labute approximate surface area is 99.6 Å². The number of rotatable bonds is 3. The highest BCUT2D eigenvalue weighted by molar-refractivity contribution is 6.17. The van der Waals surface area contributed by atoms with Crippen LogP contribution in [0.5, 0.6) is 0 Å². The van der Waals surface area contributed by atoms with Gasteiger partial charge in [0.05, 0.1) is 0 Å². The molecule has 1 atom stereocenters. The standard InChI is InChI=1S/C11H16ClN3O/c12-4-3-9-2-1-7-15(8-9)10-11(16)14-6-5-13-10/h5-6,9H,1-4,7-8H2,(H,14,16). The molecule has 88 valence electrons. The SMILES string of the molecule is O=c1[nH]ccnc1N1CCCC(CCCl)C1. The van der Waals surface area contributed by atoms with Crippen LogP contribution >= 0.6 is 11.6 Å². The van der Waals surface area contributed by atoms with Gasteiger partial charge in [0.15, 0.2) is 5.82 Å². The van der Waals surface area contributed by atoms with E-state index in [0.717, 1.165) is 25.9 Å². The Hall–Kier alpha value is -1.03. The second kappa shape index (κ2) is 5.34. The lowest BCUT2D eigenvalue weighted by molar-refractivity contribution is 0.404. The third-order valence-electron chi connectivity index (χ3n) is 3.02. The van der Waals surface area contributed by atoms with Crippen LogP contribution in [0, 0.1) is 5.92 Å². The normalized spacial score (nSPS) is 21.1. The molecular weight excluding hydrogens is 226 g/mol. The summed E-state index contributed by atoms with van der Waals surface area (Å²) < 4.78 is 0. The van der Waals surface area contributed by atoms with Crippen LogP contribution in [0.3, 0.4) is 0 Å². The highest BCUT2D eigenvalue weighted by Gasteiger charge is 2.21. The Balaban J connectivity index is 2.10. The van der Waals surface area contributed by atoms with E-state index in [2.05, 4.69) is 14.9 Å². The molecule has 0 saturated carbocycles. The molecule has 0 aromatic carbocycles. The Morgan fingerprint density at radius 1 is 1.62 bits per heavy atom. The smallest absolute Gasteiger partial charge is 0.290 e. The van der Waals surface area contributed by atoms with Crippen molar-refractivity contribution in [1.82, 2.24) is 9.97 Å². The van der Waals surface area contributed by atoms with E-state index < -0.39 is 0 Å². The van der Waals surface area contributed by atoms with Crippen LogP contribution in [-0.4, -0.2) is 28.9 Å². The fraction of sp³-hybridized carbons (Fsp3) is 0.636. The number of nitrogens with one attached hydrogen (secondary N) is 1. The fourth-order valence-electron chi connectivity index (χ4n) is 2.22.